The van der Waals surface area contributed by atoms with E-state index in [2.05, 4.69) is 9.98 Å². The molecule has 23 heavy (non-hydrogen) atoms. The van der Waals surface area contributed by atoms with Gasteiger partial charge < -0.3 is 4.74 Å². The van der Waals surface area contributed by atoms with Gasteiger partial charge in [0.2, 0.25) is 5.90 Å². The highest BCUT2D eigenvalue weighted by molar-refractivity contribution is 7.15. The van der Waals surface area contributed by atoms with E-state index in [1.165, 1.54) is 11.3 Å². The van der Waals surface area contributed by atoms with Crippen molar-refractivity contribution >= 4 is 45.8 Å². The number of hydrogen-bond acceptors (Lipinski definition) is 5. The summed E-state index contributed by atoms with van der Waals surface area (Å²) in [6, 6.07) is 7.63. The van der Waals surface area contributed by atoms with Gasteiger partial charge in [0.05, 0.1) is 5.69 Å². The smallest absolute Gasteiger partial charge is 0.363 e. The Balaban J connectivity index is 1.78. The van der Waals surface area contributed by atoms with E-state index in [4.69, 9.17) is 16.3 Å². The van der Waals surface area contributed by atoms with Crippen LogP contribution in [0.15, 0.2) is 46.5 Å². The standard InChI is InChI=1S/C16H10ClN3O2S/c1-9-3-2-4-10(7-9)14-18-11(15(21)22-14)8-12-13(17)19-16-20(12)5-6-23-16/h2-8H,1H3. The predicted octanol–water partition coefficient (Wildman–Crippen LogP) is 3.70. The molecule has 1 aromatic carbocycles. The number of rotatable bonds is 2. The van der Waals surface area contributed by atoms with Gasteiger partial charge in [-0.15, -0.1) is 11.3 Å². The van der Waals surface area contributed by atoms with Gasteiger partial charge in [-0.25, -0.2) is 14.8 Å². The number of ether oxygens (including phenoxy) is 1. The molecular formula is C16H10ClN3O2S. The summed E-state index contributed by atoms with van der Waals surface area (Å²) >= 11 is 7.61. The number of carbonyl (C=O) groups is 1. The second-order valence-corrected chi connectivity index (χ2v) is 6.28. The number of halogens is 1. The molecule has 2 aromatic heterocycles. The third-order valence-electron chi connectivity index (χ3n) is 3.41. The van der Waals surface area contributed by atoms with Crippen LogP contribution in [0.25, 0.3) is 11.0 Å². The first-order chi connectivity index (χ1) is 11.1. The van der Waals surface area contributed by atoms with Gasteiger partial charge in [-0.1, -0.05) is 29.3 Å². The van der Waals surface area contributed by atoms with Crippen LogP contribution in [0.1, 0.15) is 16.8 Å². The van der Waals surface area contributed by atoms with E-state index in [1.54, 1.807) is 6.08 Å². The summed E-state index contributed by atoms with van der Waals surface area (Å²) in [4.78, 5) is 21.4. The van der Waals surface area contributed by atoms with Crippen LogP contribution < -0.4 is 0 Å². The van der Waals surface area contributed by atoms with Crippen molar-refractivity contribution in [1.82, 2.24) is 9.38 Å². The van der Waals surface area contributed by atoms with Crippen molar-refractivity contribution in [2.75, 3.05) is 0 Å². The fraction of sp³-hybridized carbons (Fsp3) is 0.0625. The van der Waals surface area contributed by atoms with E-state index in [0.29, 0.717) is 16.7 Å². The summed E-state index contributed by atoms with van der Waals surface area (Å²) in [6.07, 6.45) is 3.44. The largest absolute Gasteiger partial charge is 0.402 e. The van der Waals surface area contributed by atoms with Gasteiger partial charge in [0.25, 0.3) is 0 Å². The van der Waals surface area contributed by atoms with Gasteiger partial charge in [0.15, 0.2) is 15.8 Å². The van der Waals surface area contributed by atoms with E-state index in [0.717, 1.165) is 16.1 Å². The fourth-order valence-corrected chi connectivity index (χ4v) is 3.34. The number of benzene rings is 1. The van der Waals surface area contributed by atoms with E-state index < -0.39 is 5.97 Å². The Morgan fingerprint density at radius 2 is 2.26 bits per heavy atom. The Bertz CT molecular complexity index is 1000. The van der Waals surface area contributed by atoms with Crippen LogP contribution >= 0.6 is 22.9 Å². The summed E-state index contributed by atoms with van der Waals surface area (Å²) in [5.41, 5.74) is 2.65. The molecule has 0 unspecified atom stereocenters. The number of cyclic esters (lactones) is 1. The zero-order valence-electron chi connectivity index (χ0n) is 12.0. The molecule has 0 atom stereocenters. The second-order valence-electron chi connectivity index (χ2n) is 5.05. The van der Waals surface area contributed by atoms with Crippen LogP contribution in [-0.4, -0.2) is 21.3 Å². The van der Waals surface area contributed by atoms with E-state index >= 15 is 0 Å². The minimum absolute atomic E-state index is 0.205. The third kappa shape index (κ3) is 2.46. The van der Waals surface area contributed by atoms with Crippen molar-refractivity contribution in [3.8, 4) is 0 Å². The molecule has 3 heterocycles. The van der Waals surface area contributed by atoms with Crippen LogP contribution in [0.2, 0.25) is 5.15 Å². The lowest BCUT2D eigenvalue weighted by Crippen LogP contribution is -2.05. The maximum Gasteiger partial charge on any atom is 0.363 e. The quantitative estimate of drug-likeness (QED) is 0.526. The zero-order chi connectivity index (χ0) is 16.0. The Kier molecular flexibility index (Phi) is 3.28. The number of fused-ring (bicyclic) bond motifs is 1. The summed E-state index contributed by atoms with van der Waals surface area (Å²) in [5.74, 6) is -0.199. The van der Waals surface area contributed by atoms with Gasteiger partial charge in [-0.3, -0.25) is 4.40 Å². The van der Waals surface area contributed by atoms with Crippen molar-refractivity contribution in [1.29, 1.82) is 0 Å². The van der Waals surface area contributed by atoms with Gasteiger partial charge in [0, 0.05) is 17.1 Å². The average molecular weight is 344 g/mol. The fourth-order valence-electron chi connectivity index (χ4n) is 2.35. The highest BCUT2D eigenvalue weighted by atomic mass is 35.5. The van der Waals surface area contributed by atoms with Crippen LogP contribution in [0, 0.1) is 6.92 Å². The van der Waals surface area contributed by atoms with Gasteiger partial charge in [-0.05, 0) is 25.1 Å². The van der Waals surface area contributed by atoms with Crippen molar-refractivity contribution in [3.63, 3.8) is 0 Å². The summed E-state index contributed by atoms with van der Waals surface area (Å²) < 4.78 is 7.08. The molecule has 7 heteroatoms. The van der Waals surface area contributed by atoms with Gasteiger partial charge in [-0.2, -0.15) is 0 Å². The number of aliphatic imine (C=N–C) groups is 1. The number of hydrogen-bond donors (Lipinski definition) is 0. The molecule has 0 radical (unpaired) electrons. The van der Waals surface area contributed by atoms with Gasteiger partial charge in [0.1, 0.15) is 0 Å². The molecule has 4 rings (SSSR count). The summed E-state index contributed by atoms with van der Waals surface area (Å²) in [6.45, 7) is 1.97. The minimum Gasteiger partial charge on any atom is -0.402 e. The second kappa shape index (κ2) is 5.33. The average Bonchev–Trinajstić information content (AvgIpc) is 3.18. The summed E-state index contributed by atoms with van der Waals surface area (Å²) in [7, 11) is 0. The molecule has 0 amide bonds. The SMILES string of the molecule is Cc1cccc(C2=NC(=Cc3c(Cl)nc4sccn34)C(=O)O2)c1. The highest BCUT2D eigenvalue weighted by Gasteiger charge is 2.25. The molecule has 0 N–H and O–H groups in total. The Labute approximate surface area is 140 Å². The lowest BCUT2D eigenvalue weighted by molar-refractivity contribution is -0.129. The van der Waals surface area contributed by atoms with Crippen LogP contribution in [0.4, 0.5) is 0 Å². The molecule has 0 aliphatic carbocycles. The highest BCUT2D eigenvalue weighted by Crippen LogP contribution is 2.26. The van der Waals surface area contributed by atoms with Crippen LogP contribution in [0.5, 0.6) is 0 Å². The molecule has 1 aliphatic rings. The Morgan fingerprint density at radius 1 is 1.39 bits per heavy atom. The number of carbonyl (C=O) groups excluding carboxylic acids is 1. The van der Waals surface area contributed by atoms with E-state index in [1.807, 2.05) is 47.2 Å². The number of nitrogens with zero attached hydrogens (tertiary/aromatic N) is 3. The maximum absolute atomic E-state index is 12.1. The van der Waals surface area contributed by atoms with Crippen molar-refractivity contribution < 1.29 is 9.53 Å². The maximum atomic E-state index is 12.1. The first kappa shape index (κ1) is 14.2. The van der Waals surface area contributed by atoms with Crippen molar-refractivity contribution in [3.05, 3.63) is 63.5 Å². The first-order valence-corrected chi connectivity index (χ1v) is 8.08. The van der Waals surface area contributed by atoms with E-state index in [-0.39, 0.29) is 5.70 Å². The number of imidazole rings is 1. The number of aryl methyl sites for hydroxylation is 1. The Morgan fingerprint density at radius 3 is 3.09 bits per heavy atom. The number of aromatic nitrogens is 2. The molecule has 0 saturated carbocycles. The molecule has 0 saturated heterocycles. The molecule has 0 bridgehead atoms. The molecule has 5 nitrogen and oxygen atoms in total. The molecular weight excluding hydrogens is 334 g/mol. The predicted molar refractivity (Wildman–Crippen MR) is 89.9 cm³/mol. The topological polar surface area (TPSA) is 56.0 Å². The minimum atomic E-state index is -0.497. The molecule has 3 aromatic rings. The summed E-state index contributed by atoms with van der Waals surface area (Å²) in [5, 5.41) is 2.23. The third-order valence-corrected chi connectivity index (χ3v) is 4.45. The lowest BCUT2D eigenvalue weighted by atomic mass is 10.1. The van der Waals surface area contributed by atoms with Gasteiger partial charge >= 0.3 is 5.97 Å². The van der Waals surface area contributed by atoms with Crippen LogP contribution in [0.3, 0.4) is 0 Å². The van der Waals surface area contributed by atoms with Crippen molar-refractivity contribution in [2.45, 2.75) is 6.92 Å². The zero-order valence-corrected chi connectivity index (χ0v) is 13.6. The monoisotopic (exact) mass is 343 g/mol. The molecule has 114 valence electrons. The normalized spacial score (nSPS) is 16.2. The first-order valence-electron chi connectivity index (χ1n) is 6.82. The molecule has 0 spiro atoms. The Hall–Kier alpha value is -2.44. The molecule has 0 fully saturated rings. The number of esters is 1. The van der Waals surface area contributed by atoms with E-state index in [9.17, 15) is 4.79 Å². The lowest BCUT2D eigenvalue weighted by Gasteiger charge is -1.99. The van der Waals surface area contributed by atoms with Crippen molar-refractivity contribution in [2.24, 2.45) is 4.99 Å². The molecule has 1 aliphatic heterocycles. The number of thiazole rings is 1. The van der Waals surface area contributed by atoms with Crippen LogP contribution in [-0.2, 0) is 9.53 Å².